The third kappa shape index (κ3) is 3.48. The normalized spacial score (nSPS) is 13.8. The number of amides is 2. The standard InChI is InChI=1S/C20H19ClN2O5/c1-4-28-16-8-6-5-7-14(16)23-19(24)17(21)18(20(23)25)22-13-11-12(26-2)9-10-15(13)27-3/h5-11,22H,4H2,1-3H3. The molecule has 0 aliphatic carbocycles. The fourth-order valence-corrected chi connectivity index (χ4v) is 3.01. The number of nitrogens with zero attached hydrogens (tertiary/aromatic N) is 1. The van der Waals surface area contributed by atoms with Gasteiger partial charge in [-0.2, -0.15) is 0 Å². The summed E-state index contributed by atoms with van der Waals surface area (Å²) in [5.41, 5.74) is 0.715. The molecule has 0 spiro atoms. The topological polar surface area (TPSA) is 77.1 Å². The van der Waals surface area contributed by atoms with Crippen LogP contribution < -0.4 is 24.4 Å². The highest BCUT2D eigenvalue weighted by Crippen LogP contribution is 2.37. The third-order valence-corrected chi connectivity index (χ3v) is 4.45. The Labute approximate surface area is 167 Å². The molecule has 0 bridgehead atoms. The van der Waals surface area contributed by atoms with E-state index in [1.807, 2.05) is 6.92 Å². The first-order valence-corrected chi connectivity index (χ1v) is 8.89. The van der Waals surface area contributed by atoms with Crippen molar-refractivity contribution in [1.82, 2.24) is 0 Å². The minimum atomic E-state index is -0.636. The van der Waals surface area contributed by atoms with Gasteiger partial charge in [0.05, 0.1) is 32.2 Å². The van der Waals surface area contributed by atoms with Gasteiger partial charge < -0.3 is 19.5 Å². The van der Waals surface area contributed by atoms with Crippen molar-refractivity contribution in [3.8, 4) is 17.2 Å². The van der Waals surface area contributed by atoms with E-state index in [-0.39, 0.29) is 10.7 Å². The summed E-state index contributed by atoms with van der Waals surface area (Å²) < 4.78 is 16.0. The van der Waals surface area contributed by atoms with Crippen LogP contribution in [0.25, 0.3) is 0 Å². The minimum Gasteiger partial charge on any atom is -0.497 e. The average molecular weight is 403 g/mol. The van der Waals surface area contributed by atoms with Crippen LogP contribution in [0.2, 0.25) is 0 Å². The van der Waals surface area contributed by atoms with Gasteiger partial charge in [0.15, 0.2) is 0 Å². The van der Waals surface area contributed by atoms with E-state index in [1.165, 1.54) is 14.2 Å². The number of hydrogen-bond acceptors (Lipinski definition) is 6. The van der Waals surface area contributed by atoms with Crippen LogP contribution in [0.3, 0.4) is 0 Å². The van der Waals surface area contributed by atoms with Crippen LogP contribution in [-0.2, 0) is 9.59 Å². The lowest BCUT2D eigenvalue weighted by atomic mass is 10.2. The van der Waals surface area contributed by atoms with Crippen LogP contribution >= 0.6 is 11.6 Å². The second-order valence-electron chi connectivity index (χ2n) is 5.73. The lowest BCUT2D eigenvalue weighted by molar-refractivity contribution is -0.120. The Morgan fingerprint density at radius 1 is 1.00 bits per heavy atom. The Morgan fingerprint density at radius 3 is 2.43 bits per heavy atom. The van der Waals surface area contributed by atoms with E-state index in [0.717, 1.165) is 4.90 Å². The maximum absolute atomic E-state index is 13.0. The molecular weight excluding hydrogens is 384 g/mol. The van der Waals surface area contributed by atoms with E-state index < -0.39 is 11.8 Å². The second kappa shape index (κ2) is 8.22. The Bertz CT molecular complexity index is 957. The molecule has 2 amide bonds. The predicted octanol–water partition coefficient (Wildman–Crippen LogP) is 3.54. The fourth-order valence-electron chi connectivity index (χ4n) is 2.80. The van der Waals surface area contributed by atoms with Crippen molar-refractivity contribution < 1.29 is 23.8 Å². The van der Waals surface area contributed by atoms with Crippen molar-refractivity contribution in [1.29, 1.82) is 0 Å². The van der Waals surface area contributed by atoms with Gasteiger partial charge in [0.1, 0.15) is 28.0 Å². The summed E-state index contributed by atoms with van der Waals surface area (Å²) in [7, 11) is 3.02. The van der Waals surface area contributed by atoms with Crippen LogP contribution in [0.5, 0.6) is 17.2 Å². The molecule has 1 aliphatic rings. The Balaban J connectivity index is 1.97. The number of imide groups is 1. The quantitative estimate of drug-likeness (QED) is 0.714. The minimum absolute atomic E-state index is 0.0514. The Kier molecular flexibility index (Phi) is 5.75. The summed E-state index contributed by atoms with van der Waals surface area (Å²) in [6, 6.07) is 11.8. The highest BCUT2D eigenvalue weighted by molar-refractivity contribution is 6.53. The summed E-state index contributed by atoms with van der Waals surface area (Å²) in [5, 5.41) is 2.68. The van der Waals surface area contributed by atoms with Gasteiger partial charge in [-0.3, -0.25) is 9.59 Å². The van der Waals surface area contributed by atoms with Gasteiger partial charge in [0.2, 0.25) is 0 Å². The summed E-state index contributed by atoms with van der Waals surface area (Å²) in [6.45, 7) is 2.21. The average Bonchev–Trinajstić information content (AvgIpc) is 2.92. The molecule has 0 saturated carbocycles. The molecule has 3 rings (SSSR count). The van der Waals surface area contributed by atoms with Crippen molar-refractivity contribution in [2.45, 2.75) is 6.92 Å². The van der Waals surface area contributed by atoms with E-state index in [9.17, 15) is 9.59 Å². The zero-order valence-electron chi connectivity index (χ0n) is 15.6. The van der Waals surface area contributed by atoms with Crippen molar-refractivity contribution >= 4 is 34.8 Å². The molecule has 1 heterocycles. The summed E-state index contributed by atoms with van der Waals surface area (Å²) >= 11 is 6.21. The number of benzene rings is 2. The Morgan fingerprint density at radius 2 is 1.75 bits per heavy atom. The predicted molar refractivity (Wildman–Crippen MR) is 106 cm³/mol. The molecule has 2 aromatic rings. The van der Waals surface area contributed by atoms with Crippen molar-refractivity contribution in [2.75, 3.05) is 31.0 Å². The molecule has 0 radical (unpaired) electrons. The number of para-hydroxylation sites is 2. The smallest absolute Gasteiger partial charge is 0.283 e. The van der Waals surface area contributed by atoms with Gasteiger partial charge in [0, 0.05) is 6.07 Å². The Hall–Kier alpha value is -3.19. The molecule has 146 valence electrons. The number of halogens is 1. The van der Waals surface area contributed by atoms with E-state index >= 15 is 0 Å². The van der Waals surface area contributed by atoms with Crippen molar-refractivity contribution in [3.63, 3.8) is 0 Å². The fraction of sp³-hybridized carbons (Fsp3) is 0.200. The van der Waals surface area contributed by atoms with Crippen LogP contribution in [-0.4, -0.2) is 32.6 Å². The second-order valence-corrected chi connectivity index (χ2v) is 6.10. The highest BCUT2D eigenvalue weighted by atomic mass is 35.5. The van der Waals surface area contributed by atoms with Gasteiger partial charge in [-0.25, -0.2) is 4.90 Å². The van der Waals surface area contributed by atoms with Crippen LogP contribution in [0, 0.1) is 0 Å². The first kappa shape index (κ1) is 19.6. The summed E-state index contributed by atoms with van der Waals surface area (Å²) in [6.07, 6.45) is 0. The molecule has 8 heteroatoms. The maximum atomic E-state index is 13.0. The van der Waals surface area contributed by atoms with Crippen LogP contribution in [0.4, 0.5) is 11.4 Å². The van der Waals surface area contributed by atoms with Crippen LogP contribution in [0.15, 0.2) is 53.2 Å². The number of methoxy groups -OCH3 is 2. The van der Waals surface area contributed by atoms with Gasteiger partial charge in [0.25, 0.3) is 11.8 Å². The molecule has 0 aromatic heterocycles. The third-order valence-electron chi connectivity index (χ3n) is 4.10. The zero-order valence-corrected chi connectivity index (χ0v) is 16.4. The molecule has 0 saturated heterocycles. The van der Waals surface area contributed by atoms with Gasteiger partial charge in [-0.15, -0.1) is 0 Å². The molecule has 1 N–H and O–H groups in total. The molecule has 0 unspecified atom stereocenters. The molecule has 1 aliphatic heterocycles. The van der Waals surface area contributed by atoms with Gasteiger partial charge in [-0.1, -0.05) is 23.7 Å². The number of anilines is 2. The highest BCUT2D eigenvalue weighted by Gasteiger charge is 2.40. The first-order valence-electron chi connectivity index (χ1n) is 8.51. The van der Waals surface area contributed by atoms with Gasteiger partial charge >= 0.3 is 0 Å². The monoisotopic (exact) mass is 402 g/mol. The maximum Gasteiger partial charge on any atom is 0.283 e. The number of rotatable bonds is 7. The molecule has 7 nitrogen and oxygen atoms in total. The molecule has 0 atom stereocenters. The van der Waals surface area contributed by atoms with Crippen LogP contribution in [0.1, 0.15) is 6.92 Å². The van der Waals surface area contributed by atoms with E-state index in [1.54, 1.807) is 42.5 Å². The number of ether oxygens (including phenoxy) is 3. The SMILES string of the molecule is CCOc1ccccc1N1C(=O)C(Cl)=C(Nc2cc(OC)ccc2OC)C1=O. The number of carbonyl (C=O) groups is 2. The van der Waals surface area contributed by atoms with Crippen molar-refractivity contribution in [2.24, 2.45) is 0 Å². The summed E-state index contributed by atoms with van der Waals surface area (Å²) in [5.74, 6) is 0.202. The van der Waals surface area contributed by atoms with E-state index in [4.69, 9.17) is 25.8 Å². The van der Waals surface area contributed by atoms with Gasteiger partial charge in [-0.05, 0) is 31.2 Å². The largest absolute Gasteiger partial charge is 0.497 e. The van der Waals surface area contributed by atoms with E-state index in [2.05, 4.69) is 5.32 Å². The number of nitrogens with one attached hydrogen (secondary N) is 1. The lowest BCUT2D eigenvalue weighted by Gasteiger charge is -2.19. The zero-order chi connectivity index (χ0) is 20.3. The van der Waals surface area contributed by atoms with Crippen molar-refractivity contribution in [3.05, 3.63) is 53.2 Å². The number of carbonyl (C=O) groups excluding carboxylic acids is 2. The molecule has 0 fully saturated rings. The molecular formula is C20H19ClN2O5. The summed E-state index contributed by atoms with van der Waals surface area (Å²) in [4.78, 5) is 26.7. The number of hydrogen-bond donors (Lipinski definition) is 1. The lowest BCUT2D eigenvalue weighted by Crippen LogP contribution is -2.32. The molecule has 2 aromatic carbocycles. The van der Waals surface area contributed by atoms with E-state index in [0.29, 0.717) is 35.2 Å². The molecule has 28 heavy (non-hydrogen) atoms. The first-order chi connectivity index (χ1) is 13.5.